The molecule has 1 fully saturated rings. The fourth-order valence-electron chi connectivity index (χ4n) is 3.35. The van der Waals surface area contributed by atoms with Gasteiger partial charge in [-0.1, -0.05) is 0 Å². The second-order valence-electron chi connectivity index (χ2n) is 6.95. The van der Waals surface area contributed by atoms with Crippen LogP contribution < -0.4 is 10.1 Å². The highest BCUT2D eigenvalue weighted by Crippen LogP contribution is 2.29. The third-order valence-electron chi connectivity index (χ3n) is 4.94. The SMILES string of the molecule is COCCn1ccc(-c2cc3ncccc3c(O[C@H](C)[C@@H]3CNCCO3)n2)c1. The minimum Gasteiger partial charge on any atom is -0.471 e. The Morgan fingerprint density at radius 1 is 1.39 bits per heavy atom. The van der Waals surface area contributed by atoms with Gasteiger partial charge in [-0.15, -0.1) is 0 Å². The lowest BCUT2D eigenvalue weighted by molar-refractivity contribution is -0.0357. The summed E-state index contributed by atoms with van der Waals surface area (Å²) in [5, 5.41) is 4.25. The molecule has 28 heavy (non-hydrogen) atoms. The Labute approximate surface area is 164 Å². The third kappa shape index (κ3) is 4.16. The summed E-state index contributed by atoms with van der Waals surface area (Å²) >= 11 is 0. The first kappa shape index (κ1) is 18.9. The van der Waals surface area contributed by atoms with Crippen molar-refractivity contribution in [1.29, 1.82) is 0 Å². The van der Waals surface area contributed by atoms with Gasteiger partial charge in [-0.05, 0) is 31.2 Å². The zero-order valence-electron chi connectivity index (χ0n) is 16.3. The minimum atomic E-state index is -0.120. The maximum Gasteiger partial charge on any atom is 0.223 e. The molecule has 148 valence electrons. The predicted octanol–water partition coefficient (Wildman–Crippen LogP) is 2.50. The van der Waals surface area contributed by atoms with E-state index in [1.54, 1.807) is 13.3 Å². The molecule has 3 aromatic rings. The number of rotatable bonds is 7. The van der Waals surface area contributed by atoms with E-state index < -0.39 is 0 Å². The smallest absolute Gasteiger partial charge is 0.223 e. The van der Waals surface area contributed by atoms with E-state index in [0.717, 1.165) is 41.8 Å². The second kappa shape index (κ2) is 8.68. The van der Waals surface area contributed by atoms with E-state index in [1.807, 2.05) is 37.4 Å². The highest BCUT2D eigenvalue weighted by Gasteiger charge is 2.23. The Hall–Kier alpha value is -2.48. The van der Waals surface area contributed by atoms with E-state index in [2.05, 4.69) is 21.1 Å². The van der Waals surface area contributed by atoms with Gasteiger partial charge in [0.05, 0.1) is 29.8 Å². The van der Waals surface area contributed by atoms with Crippen molar-refractivity contribution in [2.45, 2.75) is 25.7 Å². The summed E-state index contributed by atoms with van der Waals surface area (Å²) in [6, 6.07) is 7.95. The Morgan fingerprint density at radius 2 is 2.32 bits per heavy atom. The molecule has 7 heteroatoms. The number of morpholine rings is 1. The van der Waals surface area contributed by atoms with Gasteiger partial charge in [0.25, 0.3) is 0 Å². The number of pyridine rings is 2. The molecule has 7 nitrogen and oxygen atoms in total. The van der Waals surface area contributed by atoms with Gasteiger partial charge in [-0.25, -0.2) is 4.98 Å². The Bertz CT molecular complexity index is 921. The average molecular weight is 382 g/mol. The van der Waals surface area contributed by atoms with Crippen LogP contribution in [0.15, 0.2) is 42.9 Å². The van der Waals surface area contributed by atoms with Gasteiger partial charge >= 0.3 is 0 Å². The van der Waals surface area contributed by atoms with Gasteiger partial charge in [0, 0.05) is 50.9 Å². The highest BCUT2D eigenvalue weighted by atomic mass is 16.5. The largest absolute Gasteiger partial charge is 0.471 e. The normalized spacial score (nSPS) is 18.3. The van der Waals surface area contributed by atoms with Crippen LogP contribution >= 0.6 is 0 Å². The minimum absolute atomic E-state index is 0.000977. The number of methoxy groups -OCH3 is 1. The predicted molar refractivity (Wildman–Crippen MR) is 108 cm³/mol. The van der Waals surface area contributed by atoms with Crippen LogP contribution in [0, 0.1) is 0 Å². The Kier molecular flexibility index (Phi) is 5.85. The second-order valence-corrected chi connectivity index (χ2v) is 6.95. The number of fused-ring (bicyclic) bond motifs is 1. The number of ether oxygens (including phenoxy) is 3. The quantitative estimate of drug-likeness (QED) is 0.677. The molecule has 1 aliphatic heterocycles. The number of aromatic nitrogens is 3. The number of hydrogen-bond donors (Lipinski definition) is 1. The van der Waals surface area contributed by atoms with E-state index in [9.17, 15) is 0 Å². The van der Waals surface area contributed by atoms with Crippen molar-refractivity contribution in [2.24, 2.45) is 0 Å². The molecule has 0 radical (unpaired) electrons. The molecule has 0 spiro atoms. The molecule has 1 N–H and O–H groups in total. The van der Waals surface area contributed by atoms with E-state index >= 15 is 0 Å². The Balaban J connectivity index is 1.64. The van der Waals surface area contributed by atoms with Crippen LogP contribution in [0.25, 0.3) is 22.2 Å². The molecule has 4 rings (SSSR count). The number of hydrogen-bond acceptors (Lipinski definition) is 6. The third-order valence-corrected chi connectivity index (χ3v) is 4.94. The average Bonchev–Trinajstić information content (AvgIpc) is 3.22. The van der Waals surface area contributed by atoms with Crippen LogP contribution in [0.4, 0.5) is 0 Å². The summed E-state index contributed by atoms with van der Waals surface area (Å²) in [6.07, 6.45) is 5.77. The molecule has 0 bridgehead atoms. The first-order valence-corrected chi connectivity index (χ1v) is 9.64. The van der Waals surface area contributed by atoms with Crippen LogP contribution in [0.2, 0.25) is 0 Å². The fourth-order valence-corrected chi connectivity index (χ4v) is 3.35. The zero-order chi connectivity index (χ0) is 19.3. The molecule has 3 aromatic heterocycles. The van der Waals surface area contributed by atoms with Crippen LogP contribution in [-0.2, 0) is 16.0 Å². The van der Waals surface area contributed by atoms with Gasteiger partial charge in [0.1, 0.15) is 12.2 Å². The van der Waals surface area contributed by atoms with Crippen molar-refractivity contribution in [3.63, 3.8) is 0 Å². The van der Waals surface area contributed by atoms with Crippen LogP contribution in [0.3, 0.4) is 0 Å². The van der Waals surface area contributed by atoms with E-state index in [-0.39, 0.29) is 12.2 Å². The number of nitrogens with zero attached hydrogens (tertiary/aromatic N) is 3. The molecule has 1 saturated heterocycles. The van der Waals surface area contributed by atoms with Crippen molar-refractivity contribution in [2.75, 3.05) is 33.4 Å². The maximum absolute atomic E-state index is 6.26. The van der Waals surface area contributed by atoms with Crippen LogP contribution in [0.5, 0.6) is 5.88 Å². The Morgan fingerprint density at radius 3 is 3.14 bits per heavy atom. The van der Waals surface area contributed by atoms with Gasteiger partial charge < -0.3 is 24.1 Å². The lowest BCUT2D eigenvalue weighted by Gasteiger charge is -2.29. The van der Waals surface area contributed by atoms with Gasteiger partial charge in [0.15, 0.2) is 0 Å². The summed E-state index contributed by atoms with van der Waals surface area (Å²) < 4.78 is 19.3. The summed E-state index contributed by atoms with van der Waals surface area (Å²) in [7, 11) is 1.71. The molecular formula is C21H26N4O3. The summed E-state index contributed by atoms with van der Waals surface area (Å²) in [5.74, 6) is 0.590. The van der Waals surface area contributed by atoms with E-state index in [4.69, 9.17) is 19.2 Å². The molecule has 0 unspecified atom stereocenters. The molecule has 0 aliphatic carbocycles. The lowest BCUT2D eigenvalue weighted by atomic mass is 10.1. The van der Waals surface area contributed by atoms with E-state index in [1.165, 1.54) is 0 Å². The zero-order valence-corrected chi connectivity index (χ0v) is 16.3. The lowest BCUT2D eigenvalue weighted by Crippen LogP contribution is -2.46. The van der Waals surface area contributed by atoms with Crippen LogP contribution in [0.1, 0.15) is 6.92 Å². The van der Waals surface area contributed by atoms with Crippen molar-refractivity contribution < 1.29 is 14.2 Å². The summed E-state index contributed by atoms with van der Waals surface area (Å²) in [6.45, 7) is 5.85. The van der Waals surface area contributed by atoms with Crippen molar-refractivity contribution in [3.05, 3.63) is 42.9 Å². The van der Waals surface area contributed by atoms with Crippen molar-refractivity contribution in [1.82, 2.24) is 19.9 Å². The van der Waals surface area contributed by atoms with E-state index in [0.29, 0.717) is 19.1 Å². The van der Waals surface area contributed by atoms with Gasteiger partial charge in [-0.3, -0.25) is 4.98 Å². The standard InChI is InChI=1S/C21H26N4O3/c1-15(20-13-22-7-10-27-20)28-21-17-4-3-6-23-19(17)12-18(24-21)16-5-8-25(14-16)9-11-26-2/h3-6,8,12,14-15,20,22H,7,9-11,13H2,1-2H3/t15-,20+/m1/s1. The first-order valence-electron chi connectivity index (χ1n) is 9.64. The molecule has 2 atom stereocenters. The molecule has 0 amide bonds. The topological polar surface area (TPSA) is 70.4 Å². The van der Waals surface area contributed by atoms with Gasteiger partial charge in [0.2, 0.25) is 5.88 Å². The van der Waals surface area contributed by atoms with Gasteiger partial charge in [-0.2, -0.15) is 0 Å². The molecule has 0 aromatic carbocycles. The molecule has 1 aliphatic rings. The van der Waals surface area contributed by atoms with Crippen LogP contribution in [-0.4, -0.2) is 60.2 Å². The molecule has 4 heterocycles. The summed E-state index contributed by atoms with van der Waals surface area (Å²) in [5.41, 5.74) is 2.73. The first-order chi connectivity index (χ1) is 13.7. The van der Waals surface area contributed by atoms with Crippen molar-refractivity contribution >= 4 is 10.9 Å². The van der Waals surface area contributed by atoms with Crippen molar-refractivity contribution in [3.8, 4) is 17.1 Å². The number of nitrogens with one attached hydrogen (secondary N) is 1. The molecular weight excluding hydrogens is 356 g/mol. The summed E-state index contributed by atoms with van der Waals surface area (Å²) in [4.78, 5) is 9.33. The highest BCUT2D eigenvalue weighted by molar-refractivity contribution is 5.86. The fraction of sp³-hybridized carbons (Fsp3) is 0.429. The molecule has 0 saturated carbocycles. The maximum atomic E-state index is 6.26. The monoisotopic (exact) mass is 382 g/mol.